The quantitative estimate of drug-likeness (QED) is 0.723. The molecule has 1 amide bonds. The summed E-state index contributed by atoms with van der Waals surface area (Å²) in [5.41, 5.74) is 2.78. The Labute approximate surface area is 150 Å². The lowest BCUT2D eigenvalue weighted by molar-refractivity contribution is -0.138. The smallest absolute Gasteiger partial charge is 0.228 e. The van der Waals surface area contributed by atoms with Gasteiger partial charge >= 0.3 is 0 Å². The van der Waals surface area contributed by atoms with Gasteiger partial charge in [-0.2, -0.15) is 0 Å². The predicted octanol–water partition coefficient (Wildman–Crippen LogP) is 3.42. The maximum atomic E-state index is 13.5. The van der Waals surface area contributed by atoms with Gasteiger partial charge in [0.05, 0.1) is 19.6 Å². The van der Waals surface area contributed by atoms with Gasteiger partial charge in [-0.25, -0.2) is 4.39 Å². The average Bonchev–Trinajstić information content (AvgIpc) is 3.07. The number of nitrogens with zero attached hydrogens (tertiary/aromatic N) is 2. The van der Waals surface area contributed by atoms with E-state index in [1.54, 1.807) is 24.0 Å². The Balaban J connectivity index is 1.48. The molecule has 1 aliphatic heterocycles. The van der Waals surface area contributed by atoms with Crippen molar-refractivity contribution in [3.63, 3.8) is 0 Å². The van der Waals surface area contributed by atoms with E-state index in [4.69, 9.17) is 9.26 Å². The number of fused-ring (bicyclic) bond motifs is 1. The zero-order valence-electron chi connectivity index (χ0n) is 14.4. The van der Waals surface area contributed by atoms with Crippen molar-refractivity contribution in [2.24, 2.45) is 0 Å². The van der Waals surface area contributed by atoms with Gasteiger partial charge in [0.25, 0.3) is 0 Å². The lowest BCUT2D eigenvalue weighted by Crippen LogP contribution is -2.43. The first-order chi connectivity index (χ1) is 12.6. The lowest BCUT2D eigenvalue weighted by atomic mass is 10.0. The summed E-state index contributed by atoms with van der Waals surface area (Å²) in [4.78, 5) is 14.5. The van der Waals surface area contributed by atoms with E-state index in [0.29, 0.717) is 36.5 Å². The van der Waals surface area contributed by atoms with Gasteiger partial charge in [-0.3, -0.25) is 4.79 Å². The topological polar surface area (TPSA) is 55.6 Å². The lowest BCUT2D eigenvalue weighted by Gasteiger charge is -2.33. The largest absolute Gasteiger partial charge is 0.370 e. The number of ether oxygens (including phenoxy) is 1. The molecule has 3 aromatic rings. The van der Waals surface area contributed by atoms with E-state index in [0.717, 1.165) is 10.9 Å². The molecule has 1 atom stereocenters. The van der Waals surface area contributed by atoms with Crippen LogP contribution >= 0.6 is 0 Å². The third kappa shape index (κ3) is 3.20. The molecule has 1 aliphatic rings. The van der Waals surface area contributed by atoms with Crippen molar-refractivity contribution >= 4 is 16.9 Å². The normalized spacial score (nSPS) is 17.6. The number of halogens is 1. The average molecular weight is 354 g/mol. The maximum absolute atomic E-state index is 13.5. The molecule has 2 heterocycles. The van der Waals surface area contributed by atoms with Crippen molar-refractivity contribution in [1.82, 2.24) is 10.1 Å². The molecule has 2 aromatic carbocycles. The van der Waals surface area contributed by atoms with E-state index < -0.39 is 0 Å². The number of benzene rings is 2. The van der Waals surface area contributed by atoms with Crippen LogP contribution in [0.5, 0.6) is 0 Å². The summed E-state index contributed by atoms with van der Waals surface area (Å²) < 4.78 is 24.6. The van der Waals surface area contributed by atoms with E-state index in [1.807, 2.05) is 24.3 Å². The third-order valence-corrected chi connectivity index (χ3v) is 4.74. The number of morpholine rings is 1. The van der Waals surface area contributed by atoms with E-state index >= 15 is 0 Å². The Bertz CT molecular complexity index is 953. The minimum Gasteiger partial charge on any atom is -0.370 e. The molecule has 0 spiro atoms. The molecule has 1 aromatic heterocycles. The van der Waals surface area contributed by atoms with Crippen molar-refractivity contribution in [3.05, 3.63) is 65.1 Å². The van der Waals surface area contributed by atoms with Gasteiger partial charge < -0.3 is 14.2 Å². The highest BCUT2D eigenvalue weighted by Gasteiger charge is 2.26. The fourth-order valence-corrected chi connectivity index (χ4v) is 3.27. The Hall–Kier alpha value is -2.73. The van der Waals surface area contributed by atoms with E-state index in [-0.39, 0.29) is 24.2 Å². The molecule has 1 unspecified atom stereocenters. The number of hydrogen-bond acceptors (Lipinski definition) is 4. The van der Waals surface area contributed by atoms with Crippen molar-refractivity contribution < 1.29 is 18.4 Å². The summed E-state index contributed by atoms with van der Waals surface area (Å²) in [5, 5.41) is 4.89. The molecular weight excluding hydrogens is 335 g/mol. The van der Waals surface area contributed by atoms with Gasteiger partial charge in [0.15, 0.2) is 5.58 Å². The van der Waals surface area contributed by atoms with Gasteiger partial charge in [-0.15, -0.1) is 0 Å². The van der Waals surface area contributed by atoms with Crippen LogP contribution in [0, 0.1) is 12.7 Å². The van der Waals surface area contributed by atoms with Gasteiger partial charge in [0.2, 0.25) is 5.91 Å². The monoisotopic (exact) mass is 354 g/mol. The number of carbonyl (C=O) groups is 1. The molecule has 26 heavy (non-hydrogen) atoms. The van der Waals surface area contributed by atoms with Crippen LogP contribution in [0.15, 0.2) is 47.0 Å². The standard InChI is InChI=1S/C20H19FN2O3/c1-13-10-14(6-7-16(13)21)19-12-23(8-9-25-19)20(24)11-17-15-4-2-3-5-18(15)26-22-17/h2-7,10,19H,8-9,11-12H2,1H3. The van der Waals surface area contributed by atoms with Crippen molar-refractivity contribution in [1.29, 1.82) is 0 Å². The second kappa shape index (κ2) is 6.88. The molecule has 5 nitrogen and oxygen atoms in total. The maximum Gasteiger partial charge on any atom is 0.228 e. The van der Waals surface area contributed by atoms with Crippen LogP contribution in [-0.2, 0) is 16.0 Å². The molecule has 1 saturated heterocycles. The minimum atomic E-state index is -0.249. The Morgan fingerprint density at radius 2 is 2.15 bits per heavy atom. The molecule has 0 N–H and O–H groups in total. The SMILES string of the molecule is Cc1cc(C2CN(C(=O)Cc3noc4ccccc34)CCO2)ccc1F. The number of hydrogen-bond donors (Lipinski definition) is 0. The van der Waals surface area contributed by atoms with Crippen LogP contribution < -0.4 is 0 Å². The number of aryl methyl sites for hydroxylation is 1. The van der Waals surface area contributed by atoms with Gasteiger partial charge in [0, 0.05) is 11.9 Å². The number of aromatic nitrogens is 1. The van der Waals surface area contributed by atoms with Gasteiger partial charge in [-0.05, 0) is 36.2 Å². The van der Waals surface area contributed by atoms with Crippen LogP contribution in [0.4, 0.5) is 4.39 Å². The highest BCUT2D eigenvalue weighted by molar-refractivity contribution is 5.86. The fraction of sp³-hybridized carbons (Fsp3) is 0.300. The highest BCUT2D eigenvalue weighted by atomic mass is 19.1. The molecule has 0 radical (unpaired) electrons. The van der Waals surface area contributed by atoms with Gasteiger partial charge in [-0.1, -0.05) is 29.4 Å². The molecule has 0 saturated carbocycles. The summed E-state index contributed by atoms with van der Waals surface area (Å²) in [6, 6.07) is 12.4. The van der Waals surface area contributed by atoms with Crippen LogP contribution in [-0.4, -0.2) is 35.7 Å². The Kier molecular flexibility index (Phi) is 4.42. The van der Waals surface area contributed by atoms with Crippen LogP contribution in [0.25, 0.3) is 11.0 Å². The first-order valence-electron chi connectivity index (χ1n) is 8.60. The molecule has 4 rings (SSSR count). The first kappa shape index (κ1) is 16.7. The van der Waals surface area contributed by atoms with E-state index in [1.165, 1.54) is 6.07 Å². The van der Waals surface area contributed by atoms with Crippen molar-refractivity contribution in [3.8, 4) is 0 Å². The van der Waals surface area contributed by atoms with E-state index in [2.05, 4.69) is 5.16 Å². The number of amides is 1. The van der Waals surface area contributed by atoms with Crippen LogP contribution in [0.3, 0.4) is 0 Å². The molecule has 1 fully saturated rings. The van der Waals surface area contributed by atoms with Crippen molar-refractivity contribution in [2.75, 3.05) is 19.7 Å². The molecule has 0 bridgehead atoms. The second-order valence-corrected chi connectivity index (χ2v) is 6.51. The van der Waals surface area contributed by atoms with Crippen LogP contribution in [0.2, 0.25) is 0 Å². The Morgan fingerprint density at radius 1 is 1.31 bits per heavy atom. The molecule has 0 aliphatic carbocycles. The number of carbonyl (C=O) groups excluding carboxylic acids is 1. The summed E-state index contributed by atoms with van der Waals surface area (Å²) in [5.74, 6) is -0.258. The van der Waals surface area contributed by atoms with E-state index in [9.17, 15) is 9.18 Å². The second-order valence-electron chi connectivity index (χ2n) is 6.51. The fourth-order valence-electron chi connectivity index (χ4n) is 3.27. The Morgan fingerprint density at radius 3 is 3.00 bits per heavy atom. The summed E-state index contributed by atoms with van der Waals surface area (Å²) >= 11 is 0. The molecule has 6 heteroatoms. The zero-order chi connectivity index (χ0) is 18.1. The summed E-state index contributed by atoms with van der Waals surface area (Å²) in [6.45, 7) is 3.15. The third-order valence-electron chi connectivity index (χ3n) is 4.74. The zero-order valence-corrected chi connectivity index (χ0v) is 14.4. The number of rotatable bonds is 3. The summed E-state index contributed by atoms with van der Waals surface area (Å²) in [6.07, 6.45) is -0.0623. The number of para-hydroxylation sites is 1. The molecular formula is C20H19FN2O3. The van der Waals surface area contributed by atoms with Gasteiger partial charge in [0.1, 0.15) is 17.6 Å². The molecule has 134 valence electrons. The first-order valence-corrected chi connectivity index (χ1v) is 8.60. The highest BCUT2D eigenvalue weighted by Crippen LogP contribution is 2.25. The summed E-state index contributed by atoms with van der Waals surface area (Å²) in [7, 11) is 0. The minimum absolute atomic E-state index is 0.0174. The predicted molar refractivity (Wildman–Crippen MR) is 94.1 cm³/mol. The van der Waals surface area contributed by atoms with Crippen molar-refractivity contribution in [2.45, 2.75) is 19.4 Å². The van der Waals surface area contributed by atoms with Crippen LogP contribution in [0.1, 0.15) is 22.9 Å².